The molecule has 86 valence electrons. The highest BCUT2D eigenvalue weighted by atomic mass is 79.9. The number of hydrogen-bond donors (Lipinski definition) is 0. The zero-order chi connectivity index (χ0) is 11.0. The second-order valence-corrected chi connectivity index (χ2v) is 9.96. The average Bonchev–Trinajstić information content (AvgIpc) is 2.08. The van der Waals surface area contributed by atoms with E-state index >= 15 is 0 Å². The minimum absolute atomic E-state index is 0.443. The first-order valence-corrected chi connectivity index (χ1v) is 10.3. The van der Waals surface area contributed by atoms with E-state index in [0.717, 1.165) is 5.33 Å². The van der Waals surface area contributed by atoms with Crippen molar-refractivity contribution in [2.45, 2.75) is 64.8 Å². The molecule has 0 aliphatic rings. The van der Waals surface area contributed by atoms with Crippen LogP contribution in [0.5, 0.6) is 0 Å². The molecule has 0 spiro atoms. The van der Waals surface area contributed by atoms with Crippen LogP contribution in [0.3, 0.4) is 0 Å². The molecule has 0 aromatic carbocycles. The van der Waals surface area contributed by atoms with E-state index in [1.807, 2.05) is 0 Å². The standard InChI is InChI=1S/C11H25BrOSi/c1-5-6-7-8-9-11(10-12)13-14(2,3)4/h11H,5-10H2,1-4H3. The summed E-state index contributed by atoms with van der Waals surface area (Å²) >= 11 is 3.53. The summed E-state index contributed by atoms with van der Waals surface area (Å²) in [5.74, 6) is 0. The summed E-state index contributed by atoms with van der Waals surface area (Å²) < 4.78 is 6.06. The molecule has 0 aromatic rings. The Bertz CT molecular complexity index is 134. The molecule has 3 heteroatoms. The van der Waals surface area contributed by atoms with Crippen molar-refractivity contribution < 1.29 is 4.43 Å². The maximum atomic E-state index is 6.06. The summed E-state index contributed by atoms with van der Waals surface area (Å²) in [6.45, 7) is 9.03. The van der Waals surface area contributed by atoms with Gasteiger partial charge in [0, 0.05) is 5.33 Å². The van der Waals surface area contributed by atoms with Gasteiger partial charge >= 0.3 is 0 Å². The molecule has 0 aromatic heterocycles. The van der Waals surface area contributed by atoms with Gasteiger partial charge in [0.05, 0.1) is 6.10 Å². The third-order valence-electron chi connectivity index (χ3n) is 2.07. The van der Waals surface area contributed by atoms with Gasteiger partial charge in [-0.25, -0.2) is 0 Å². The smallest absolute Gasteiger partial charge is 0.184 e. The summed E-state index contributed by atoms with van der Waals surface area (Å²) in [6, 6.07) is 0. The summed E-state index contributed by atoms with van der Waals surface area (Å²) in [5, 5.41) is 0.989. The van der Waals surface area contributed by atoms with E-state index in [2.05, 4.69) is 42.5 Å². The fraction of sp³-hybridized carbons (Fsp3) is 1.00. The molecule has 14 heavy (non-hydrogen) atoms. The van der Waals surface area contributed by atoms with Gasteiger partial charge in [-0.05, 0) is 26.1 Å². The minimum Gasteiger partial charge on any atom is -0.414 e. The Morgan fingerprint density at radius 3 is 2.21 bits per heavy atom. The van der Waals surface area contributed by atoms with Crippen molar-refractivity contribution in [2.75, 3.05) is 5.33 Å². The topological polar surface area (TPSA) is 9.23 Å². The molecule has 0 aliphatic heterocycles. The van der Waals surface area contributed by atoms with Gasteiger partial charge in [0.2, 0.25) is 0 Å². The highest BCUT2D eigenvalue weighted by Gasteiger charge is 2.19. The van der Waals surface area contributed by atoms with Crippen LogP contribution in [0.25, 0.3) is 0 Å². The molecule has 0 aliphatic carbocycles. The lowest BCUT2D eigenvalue weighted by Gasteiger charge is -2.25. The first kappa shape index (κ1) is 14.7. The molecule has 0 saturated carbocycles. The molecule has 1 unspecified atom stereocenters. The number of halogens is 1. The second kappa shape index (κ2) is 7.89. The van der Waals surface area contributed by atoms with Crippen LogP contribution in [0.1, 0.15) is 39.0 Å². The van der Waals surface area contributed by atoms with Crippen LogP contribution in [0.2, 0.25) is 19.6 Å². The van der Waals surface area contributed by atoms with Crippen LogP contribution >= 0.6 is 15.9 Å². The van der Waals surface area contributed by atoms with E-state index in [1.54, 1.807) is 0 Å². The van der Waals surface area contributed by atoms with Gasteiger partial charge in [-0.1, -0.05) is 48.5 Å². The van der Waals surface area contributed by atoms with Crippen LogP contribution in [0.4, 0.5) is 0 Å². The molecule has 0 rings (SSSR count). The summed E-state index contributed by atoms with van der Waals surface area (Å²) in [5.41, 5.74) is 0. The zero-order valence-electron chi connectivity index (χ0n) is 10.1. The lowest BCUT2D eigenvalue weighted by Crippen LogP contribution is -2.32. The highest BCUT2D eigenvalue weighted by molar-refractivity contribution is 9.09. The van der Waals surface area contributed by atoms with Gasteiger partial charge in [-0.3, -0.25) is 0 Å². The van der Waals surface area contributed by atoms with Crippen molar-refractivity contribution in [1.82, 2.24) is 0 Å². The SMILES string of the molecule is CCCCCCC(CBr)O[Si](C)(C)C. The van der Waals surface area contributed by atoms with Gasteiger partial charge in [0.1, 0.15) is 0 Å². The lowest BCUT2D eigenvalue weighted by atomic mass is 10.1. The third-order valence-corrected chi connectivity index (χ3v) is 3.83. The van der Waals surface area contributed by atoms with Gasteiger partial charge in [0.25, 0.3) is 0 Å². The molecule has 0 bridgehead atoms. The van der Waals surface area contributed by atoms with Crippen LogP contribution in [-0.4, -0.2) is 19.8 Å². The van der Waals surface area contributed by atoms with E-state index in [1.165, 1.54) is 32.1 Å². The van der Waals surface area contributed by atoms with Crippen LogP contribution in [-0.2, 0) is 4.43 Å². The molecule has 0 saturated heterocycles. The number of alkyl halides is 1. The largest absolute Gasteiger partial charge is 0.414 e. The van der Waals surface area contributed by atoms with Crippen LogP contribution in [0, 0.1) is 0 Å². The Balaban J connectivity index is 3.58. The Morgan fingerprint density at radius 2 is 1.79 bits per heavy atom. The number of rotatable bonds is 8. The lowest BCUT2D eigenvalue weighted by molar-refractivity contribution is 0.205. The quantitative estimate of drug-likeness (QED) is 0.360. The van der Waals surface area contributed by atoms with Gasteiger partial charge in [0.15, 0.2) is 8.32 Å². The van der Waals surface area contributed by atoms with E-state index in [-0.39, 0.29) is 0 Å². The Morgan fingerprint density at radius 1 is 1.14 bits per heavy atom. The molecular formula is C11H25BrOSi. The fourth-order valence-electron chi connectivity index (χ4n) is 1.47. The van der Waals surface area contributed by atoms with Gasteiger partial charge < -0.3 is 4.43 Å². The van der Waals surface area contributed by atoms with Crippen LogP contribution < -0.4 is 0 Å². The first-order chi connectivity index (χ1) is 6.49. The van der Waals surface area contributed by atoms with E-state index in [9.17, 15) is 0 Å². The average molecular weight is 281 g/mol. The predicted octanol–water partition coefficient (Wildman–Crippen LogP) is 4.57. The normalized spacial score (nSPS) is 14.4. The molecule has 0 heterocycles. The highest BCUT2D eigenvalue weighted by Crippen LogP contribution is 2.15. The monoisotopic (exact) mass is 280 g/mol. The van der Waals surface area contributed by atoms with Crippen molar-refractivity contribution in [3.05, 3.63) is 0 Å². The Hall–Kier alpha value is 0.657. The molecule has 0 radical (unpaired) electrons. The predicted molar refractivity (Wildman–Crippen MR) is 70.8 cm³/mol. The zero-order valence-corrected chi connectivity index (χ0v) is 12.7. The summed E-state index contributed by atoms with van der Waals surface area (Å²) in [7, 11) is -1.34. The first-order valence-electron chi connectivity index (χ1n) is 5.73. The molecular weight excluding hydrogens is 256 g/mol. The second-order valence-electron chi connectivity index (χ2n) is 4.86. The van der Waals surface area contributed by atoms with E-state index in [4.69, 9.17) is 4.43 Å². The number of unbranched alkanes of at least 4 members (excludes halogenated alkanes) is 3. The molecule has 1 atom stereocenters. The van der Waals surface area contributed by atoms with Crippen molar-refractivity contribution in [1.29, 1.82) is 0 Å². The Labute approximate surface area is 98.9 Å². The fourth-order valence-corrected chi connectivity index (χ4v) is 3.37. The summed E-state index contributed by atoms with van der Waals surface area (Å²) in [6.07, 6.45) is 7.01. The van der Waals surface area contributed by atoms with Crippen molar-refractivity contribution in [3.63, 3.8) is 0 Å². The maximum Gasteiger partial charge on any atom is 0.184 e. The molecule has 0 amide bonds. The molecule has 0 fully saturated rings. The summed E-state index contributed by atoms with van der Waals surface area (Å²) in [4.78, 5) is 0. The van der Waals surface area contributed by atoms with Crippen molar-refractivity contribution >= 4 is 24.2 Å². The van der Waals surface area contributed by atoms with E-state index in [0.29, 0.717) is 6.10 Å². The van der Waals surface area contributed by atoms with Gasteiger partial charge in [-0.2, -0.15) is 0 Å². The maximum absolute atomic E-state index is 6.06. The van der Waals surface area contributed by atoms with Crippen molar-refractivity contribution in [2.24, 2.45) is 0 Å². The van der Waals surface area contributed by atoms with Gasteiger partial charge in [-0.15, -0.1) is 0 Å². The van der Waals surface area contributed by atoms with Crippen molar-refractivity contribution in [3.8, 4) is 0 Å². The molecule has 1 nitrogen and oxygen atoms in total. The number of hydrogen-bond acceptors (Lipinski definition) is 1. The minimum atomic E-state index is -1.34. The molecule has 0 N–H and O–H groups in total. The third kappa shape index (κ3) is 9.22. The van der Waals surface area contributed by atoms with Crippen LogP contribution in [0.15, 0.2) is 0 Å². The van der Waals surface area contributed by atoms with E-state index < -0.39 is 8.32 Å². The Kier molecular flexibility index (Phi) is 8.26.